The van der Waals surface area contributed by atoms with E-state index in [1.54, 1.807) is 13.0 Å². The summed E-state index contributed by atoms with van der Waals surface area (Å²) in [7, 11) is 0. The third-order valence-corrected chi connectivity index (χ3v) is 3.39. The molecule has 1 aliphatic rings. The fraction of sp³-hybridized carbons (Fsp3) is 0.462. The second kappa shape index (κ2) is 5.14. The Morgan fingerprint density at radius 2 is 2.32 bits per heavy atom. The number of ether oxygens (including phenoxy) is 2. The second-order valence-electron chi connectivity index (χ2n) is 4.54. The third-order valence-electron chi connectivity index (χ3n) is 3.39. The number of hydrogen-bond acceptors (Lipinski definition) is 4. The molecular formula is C13H16FNO4. The van der Waals surface area contributed by atoms with E-state index in [0.717, 1.165) is 0 Å². The van der Waals surface area contributed by atoms with Crippen LogP contribution in [0.1, 0.15) is 12.5 Å². The molecule has 2 rings (SSSR count). The van der Waals surface area contributed by atoms with E-state index < -0.39 is 23.2 Å². The van der Waals surface area contributed by atoms with Gasteiger partial charge in [0.1, 0.15) is 6.04 Å². The summed E-state index contributed by atoms with van der Waals surface area (Å²) in [5.74, 6) is -1.51. The van der Waals surface area contributed by atoms with Crippen molar-refractivity contribution in [1.29, 1.82) is 0 Å². The minimum Gasteiger partial charge on any atom is -0.491 e. The van der Waals surface area contributed by atoms with Crippen LogP contribution in [0.25, 0.3) is 0 Å². The average Bonchev–Trinajstić information content (AvgIpc) is 2.31. The van der Waals surface area contributed by atoms with Crippen LogP contribution >= 0.6 is 0 Å². The fourth-order valence-electron chi connectivity index (χ4n) is 2.17. The maximum absolute atomic E-state index is 13.8. The first-order valence-electron chi connectivity index (χ1n) is 6.00. The topological polar surface area (TPSA) is 81.8 Å². The average molecular weight is 269 g/mol. The van der Waals surface area contributed by atoms with Gasteiger partial charge in [0, 0.05) is 0 Å². The molecule has 0 aliphatic carbocycles. The van der Waals surface area contributed by atoms with Gasteiger partial charge in [-0.2, -0.15) is 0 Å². The summed E-state index contributed by atoms with van der Waals surface area (Å²) in [6, 6.07) is 3.28. The zero-order valence-electron chi connectivity index (χ0n) is 10.6. The molecule has 0 aromatic heterocycles. The number of carboxylic acid groups (broad SMARTS) is 1. The lowest BCUT2D eigenvalue weighted by Gasteiger charge is -2.44. The molecule has 1 aromatic rings. The number of hydrogen-bond donors (Lipinski definition) is 2. The number of benzene rings is 1. The SMILES string of the molecule is CCOc1ccc(C2(C(N)C(=O)O)COC2)cc1F. The number of aliphatic carboxylic acids is 1. The van der Waals surface area contributed by atoms with E-state index in [4.69, 9.17) is 20.3 Å². The molecular weight excluding hydrogens is 253 g/mol. The highest BCUT2D eigenvalue weighted by Gasteiger charge is 2.49. The van der Waals surface area contributed by atoms with E-state index in [1.807, 2.05) is 0 Å². The maximum Gasteiger partial charge on any atom is 0.321 e. The van der Waals surface area contributed by atoms with Crippen LogP contribution in [0.3, 0.4) is 0 Å². The van der Waals surface area contributed by atoms with Crippen LogP contribution in [-0.4, -0.2) is 36.9 Å². The predicted octanol–water partition coefficient (Wildman–Crippen LogP) is 0.904. The first kappa shape index (κ1) is 13.8. The van der Waals surface area contributed by atoms with Gasteiger partial charge in [-0.15, -0.1) is 0 Å². The lowest BCUT2D eigenvalue weighted by atomic mass is 9.72. The molecule has 1 unspecified atom stereocenters. The van der Waals surface area contributed by atoms with Crippen LogP contribution in [0.15, 0.2) is 18.2 Å². The van der Waals surface area contributed by atoms with E-state index in [9.17, 15) is 9.18 Å². The maximum atomic E-state index is 13.8. The van der Waals surface area contributed by atoms with Crippen LogP contribution in [0.5, 0.6) is 5.75 Å². The lowest BCUT2D eigenvalue weighted by molar-refractivity contribution is -0.148. The summed E-state index contributed by atoms with van der Waals surface area (Å²) < 4.78 is 24.0. The summed E-state index contributed by atoms with van der Waals surface area (Å²) in [4.78, 5) is 11.1. The van der Waals surface area contributed by atoms with Crippen molar-refractivity contribution in [2.24, 2.45) is 5.73 Å². The smallest absolute Gasteiger partial charge is 0.321 e. The van der Waals surface area contributed by atoms with Crippen LogP contribution in [0, 0.1) is 5.82 Å². The monoisotopic (exact) mass is 269 g/mol. The van der Waals surface area contributed by atoms with Gasteiger partial charge < -0.3 is 20.3 Å². The standard InChI is InChI=1S/C13H16FNO4/c1-2-19-10-4-3-8(5-9(10)14)13(6-18-7-13)11(15)12(16)17/h3-5,11H,2,6-7,15H2,1H3,(H,16,17). The van der Waals surface area contributed by atoms with Crippen molar-refractivity contribution in [1.82, 2.24) is 0 Å². The highest BCUT2D eigenvalue weighted by atomic mass is 19.1. The molecule has 0 radical (unpaired) electrons. The molecule has 0 saturated carbocycles. The largest absolute Gasteiger partial charge is 0.491 e. The van der Waals surface area contributed by atoms with E-state index in [-0.39, 0.29) is 19.0 Å². The first-order valence-corrected chi connectivity index (χ1v) is 6.00. The molecule has 104 valence electrons. The molecule has 1 heterocycles. The molecule has 1 aliphatic heterocycles. The van der Waals surface area contributed by atoms with Gasteiger partial charge in [-0.1, -0.05) is 6.07 Å². The minimum atomic E-state index is -1.13. The molecule has 6 heteroatoms. The normalized spacial score (nSPS) is 18.5. The number of carbonyl (C=O) groups is 1. The molecule has 0 spiro atoms. The van der Waals surface area contributed by atoms with Gasteiger partial charge in [0.2, 0.25) is 0 Å². The molecule has 1 saturated heterocycles. The number of nitrogens with two attached hydrogens (primary N) is 1. The quantitative estimate of drug-likeness (QED) is 0.830. The van der Waals surface area contributed by atoms with Gasteiger partial charge in [0.15, 0.2) is 11.6 Å². The third kappa shape index (κ3) is 2.29. The molecule has 1 fully saturated rings. The minimum absolute atomic E-state index is 0.144. The van der Waals surface area contributed by atoms with Crippen LogP contribution in [0.2, 0.25) is 0 Å². The van der Waals surface area contributed by atoms with Gasteiger partial charge in [-0.05, 0) is 24.6 Å². The summed E-state index contributed by atoms with van der Waals surface area (Å²) in [6.45, 7) is 2.47. The molecule has 5 nitrogen and oxygen atoms in total. The Hall–Kier alpha value is -1.66. The Kier molecular flexibility index (Phi) is 3.73. The Labute approximate surface area is 110 Å². The highest BCUT2D eigenvalue weighted by molar-refractivity contribution is 5.76. The molecule has 3 N–H and O–H groups in total. The van der Waals surface area contributed by atoms with E-state index >= 15 is 0 Å². The summed E-state index contributed by atoms with van der Waals surface area (Å²) >= 11 is 0. The fourth-order valence-corrected chi connectivity index (χ4v) is 2.17. The second-order valence-corrected chi connectivity index (χ2v) is 4.54. The van der Waals surface area contributed by atoms with Crippen molar-refractivity contribution in [3.8, 4) is 5.75 Å². The van der Waals surface area contributed by atoms with Crippen LogP contribution in [-0.2, 0) is 14.9 Å². The Balaban J connectivity index is 2.34. The van der Waals surface area contributed by atoms with E-state index in [1.165, 1.54) is 12.1 Å². The van der Waals surface area contributed by atoms with Crippen molar-refractivity contribution < 1.29 is 23.8 Å². The van der Waals surface area contributed by atoms with Crippen LogP contribution in [0.4, 0.5) is 4.39 Å². The highest BCUT2D eigenvalue weighted by Crippen LogP contribution is 2.36. The van der Waals surface area contributed by atoms with E-state index in [0.29, 0.717) is 12.2 Å². The molecule has 1 atom stereocenters. The van der Waals surface area contributed by atoms with E-state index in [2.05, 4.69) is 0 Å². The lowest BCUT2D eigenvalue weighted by Crippen LogP contribution is -2.61. The van der Waals surface area contributed by atoms with Gasteiger partial charge in [-0.3, -0.25) is 4.79 Å². The van der Waals surface area contributed by atoms with Gasteiger partial charge in [0.05, 0.1) is 25.2 Å². The first-order chi connectivity index (χ1) is 9.01. The van der Waals surface area contributed by atoms with Crippen molar-refractivity contribution >= 4 is 5.97 Å². The van der Waals surface area contributed by atoms with Crippen LogP contribution < -0.4 is 10.5 Å². The Morgan fingerprint density at radius 3 is 2.74 bits per heavy atom. The number of carboxylic acids is 1. The number of halogens is 1. The zero-order chi connectivity index (χ0) is 14.0. The molecule has 1 aromatic carbocycles. The van der Waals surface area contributed by atoms with Gasteiger partial charge in [-0.25, -0.2) is 4.39 Å². The number of rotatable bonds is 5. The Bertz CT molecular complexity index is 488. The molecule has 0 amide bonds. The predicted molar refractivity (Wildman–Crippen MR) is 65.7 cm³/mol. The molecule has 0 bridgehead atoms. The summed E-state index contributed by atoms with van der Waals surface area (Å²) in [6.07, 6.45) is 0. The van der Waals surface area contributed by atoms with Gasteiger partial charge >= 0.3 is 5.97 Å². The molecule has 19 heavy (non-hydrogen) atoms. The zero-order valence-corrected chi connectivity index (χ0v) is 10.6. The Morgan fingerprint density at radius 1 is 1.63 bits per heavy atom. The summed E-state index contributed by atoms with van der Waals surface area (Å²) in [5.41, 5.74) is 5.36. The van der Waals surface area contributed by atoms with Crippen molar-refractivity contribution in [3.05, 3.63) is 29.6 Å². The van der Waals surface area contributed by atoms with Crippen molar-refractivity contribution in [3.63, 3.8) is 0 Å². The van der Waals surface area contributed by atoms with Gasteiger partial charge in [0.25, 0.3) is 0 Å². The summed E-state index contributed by atoms with van der Waals surface area (Å²) in [5, 5.41) is 9.05. The van der Waals surface area contributed by atoms with Crippen molar-refractivity contribution in [2.75, 3.05) is 19.8 Å². The van der Waals surface area contributed by atoms with Crippen molar-refractivity contribution in [2.45, 2.75) is 18.4 Å².